The van der Waals surface area contributed by atoms with E-state index in [1.807, 2.05) is 18.2 Å². The van der Waals surface area contributed by atoms with Gasteiger partial charge in [-0.1, -0.05) is 31.9 Å². The van der Waals surface area contributed by atoms with Crippen LogP contribution < -0.4 is 5.32 Å². The number of nitrogens with zero attached hydrogens (tertiary/aromatic N) is 1. The van der Waals surface area contributed by atoms with Crippen LogP contribution in [0.3, 0.4) is 0 Å². The third-order valence-electron chi connectivity index (χ3n) is 3.01. The maximum atomic E-state index is 13.3. The van der Waals surface area contributed by atoms with Crippen LogP contribution in [0.5, 0.6) is 0 Å². The van der Waals surface area contributed by atoms with Crippen molar-refractivity contribution in [2.75, 3.05) is 32.9 Å². The van der Waals surface area contributed by atoms with E-state index in [1.54, 1.807) is 0 Å². The van der Waals surface area contributed by atoms with E-state index in [2.05, 4.69) is 42.1 Å². The summed E-state index contributed by atoms with van der Waals surface area (Å²) in [4.78, 5) is 2.20. The molecular weight excluding hydrogens is 351 g/mol. The highest BCUT2D eigenvalue weighted by Gasteiger charge is 2.22. The molecular formula is C12H15Br2FN2. The fraction of sp³-hybridized carbons (Fsp3) is 0.500. The Kier molecular flexibility index (Phi) is 4.97. The van der Waals surface area contributed by atoms with E-state index in [0.29, 0.717) is 0 Å². The first-order valence-corrected chi connectivity index (χ1v) is 7.26. The summed E-state index contributed by atoms with van der Waals surface area (Å²) < 4.78 is 15.3. The molecule has 0 spiro atoms. The topological polar surface area (TPSA) is 15.3 Å². The monoisotopic (exact) mass is 364 g/mol. The van der Waals surface area contributed by atoms with Crippen LogP contribution in [0.15, 0.2) is 27.1 Å². The van der Waals surface area contributed by atoms with Gasteiger partial charge in [-0.25, -0.2) is 4.39 Å². The highest BCUT2D eigenvalue weighted by Crippen LogP contribution is 2.28. The van der Waals surface area contributed by atoms with Crippen molar-refractivity contribution in [2.45, 2.75) is 6.04 Å². The molecule has 2 nitrogen and oxygen atoms in total. The van der Waals surface area contributed by atoms with E-state index in [-0.39, 0.29) is 12.7 Å². The van der Waals surface area contributed by atoms with Crippen LogP contribution >= 0.6 is 31.9 Å². The third kappa shape index (κ3) is 3.50. The first-order chi connectivity index (χ1) is 8.20. The highest BCUT2D eigenvalue weighted by atomic mass is 79.9. The minimum absolute atomic E-state index is 0.133. The second-order valence-corrected chi connectivity index (χ2v) is 5.99. The van der Waals surface area contributed by atoms with Crippen molar-refractivity contribution in [3.63, 3.8) is 0 Å². The number of halogens is 3. The maximum absolute atomic E-state index is 13.3. The smallest absolute Gasteiger partial charge is 0.109 e. The summed E-state index contributed by atoms with van der Waals surface area (Å²) in [5.74, 6) is 0. The van der Waals surface area contributed by atoms with Crippen LogP contribution in [0.1, 0.15) is 11.6 Å². The van der Waals surface area contributed by atoms with E-state index in [1.165, 1.54) is 0 Å². The van der Waals surface area contributed by atoms with Gasteiger partial charge in [0.15, 0.2) is 0 Å². The lowest BCUT2D eigenvalue weighted by atomic mass is 10.1. The van der Waals surface area contributed by atoms with Crippen LogP contribution in [0, 0.1) is 0 Å². The van der Waals surface area contributed by atoms with E-state index >= 15 is 0 Å². The Labute approximate surface area is 118 Å². The molecule has 0 unspecified atom stereocenters. The summed E-state index contributed by atoms with van der Waals surface area (Å²) in [6.07, 6.45) is 0. The molecule has 1 aliphatic heterocycles. The average molecular weight is 366 g/mol. The Morgan fingerprint density at radius 3 is 2.29 bits per heavy atom. The van der Waals surface area contributed by atoms with E-state index in [9.17, 15) is 4.39 Å². The lowest BCUT2D eigenvalue weighted by molar-refractivity contribution is 0.147. The lowest BCUT2D eigenvalue weighted by Crippen LogP contribution is -2.45. The molecule has 1 heterocycles. The normalized spacial score (nSPS) is 19.2. The summed E-state index contributed by atoms with van der Waals surface area (Å²) in [7, 11) is 0. The van der Waals surface area contributed by atoms with Crippen molar-refractivity contribution in [1.82, 2.24) is 10.2 Å². The first-order valence-electron chi connectivity index (χ1n) is 5.67. The molecule has 1 N–H and O–H groups in total. The molecule has 1 fully saturated rings. The van der Waals surface area contributed by atoms with Crippen molar-refractivity contribution in [3.05, 3.63) is 32.7 Å². The Bertz CT molecular complexity index is 361. The van der Waals surface area contributed by atoms with Crippen LogP contribution in [-0.4, -0.2) is 37.8 Å². The second kappa shape index (κ2) is 6.27. The number of hydrogen-bond donors (Lipinski definition) is 1. The summed E-state index contributed by atoms with van der Waals surface area (Å²) in [6.45, 7) is 3.33. The van der Waals surface area contributed by atoms with E-state index in [0.717, 1.165) is 40.7 Å². The molecule has 0 aromatic heterocycles. The summed E-state index contributed by atoms with van der Waals surface area (Å²) in [6, 6.07) is 5.83. The van der Waals surface area contributed by atoms with Gasteiger partial charge in [0.05, 0.1) is 6.04 Å². The number of nitrogens with one attached hydrogen (secondary N) is 1. The van der Waals surface area contributed by atoms with Gasteiger partial charge in [0.1, 0.15) is 6.67 Å². The zero-order valence-electron chi connectivity index (χ0n) is 9.43. The first kappa shape index (κ1) is 13.5. The van der Waals surface area contributed by atoms with E-state index < -0.39 is 0 Å². The van der Waals surface area contributed by atoms with Crippen molar-refractivity contribution in [1.29, 1.82) is 0 Å². The molecule has 0 aliphatic carbocycles. The van der Waals surface area contributed by atoms with Gasteiger partial charge in [0.2, 0.25) is 0 Å². The average Bonchev–Trinajstić information content (AvgIpc) is 2.30. The van der Waals surface area contributed by atoms with Gasteiger partial charge in [-0.05, 0) is 23.8 Å². The van der Waals surface area contributed by atoms with Gasteiger partial charge in [-0.2, -0.15) is 0 Å². The van der Waals surface area contributed by atoms with Gasteiger partial charge in [-0.3, -0.25) is 4.90 Å². The summed E-state index contributed by atoms with van der Waals surface area (Å²) in [5.41, 5.74) is 1.02. The Balaban J connectivity index is 2.21. The van der Waals surface area contributed by atoms with Gasteiger partial charge in [0, 0.05) is 35.1 Å². The molecule has 0 radical (unpaired) electrons. The molecule has 0 saturated carbocycles. The maximum Gasteiger partial charge on any atom is 0.109 e. The predicted octanol–water partition coefficient (Wildman–Crippen LogP) is 3.13. The molecule has 94 valence electrons. The highest BCUT2D eigenvalue weighted by molar-refractivity contribution is 9.11. The zero-order chi connectivity index (χ0) is 12.3. The molecule has 2 rings (SSSR count). The fourth-order valence-electron chi connectivity index (χ4n) is 2.16. The molecule has 0 amide bonds. The van der Waals surface area contributed by atoms with Crippen LogP contribution in [0.2, 0.25) is 0 Å². The summed E-state index contributed by atoms with van der Waals surface area (Å²) in [5, 5.41) is 3.29. The fourth-order valence-corrected chi connectivity index (χ4v) is 3.49. The minimum atomic E-state index is -0.344. The summed E-state index contributed by atoms with van der Waals surface area (Å²) >= 11 is 6.90. The molecule has 1 aromatic carbocycles. The molecule has 17 heavy (non-hydrogen) atoms. The van der Waals surface area contributed by atoms with Crippen molar-refractivity contribution in [3.8, 4) is 0 Å². The molecule has 1 saturated heterocycles. The van der Waals surface area contributed by atoms with Crippen LogP contribution in [0.25, 0.3) is 0 Å². The van der Waals surface area contributed by atoms with Crippen molar-refractivity contribution >= 4 is 31.9 Å². The number of piperazine rings is 1. The molecule has 1 atom stereocenters. The van der Waals surface area contributed by atoms with Crippen LogP contribution in [0.4, 0.5) is 4.39 Å². The number of rotatable bonds is 3. The Hall–Kier alpha value is 0.0300. The zero-order valence-corrected chi connectivity index (χ0v) is 12.6. The van der Waals surface area contributed by atoms with Gasteiger partial charge in [-0.15, -0.1) is 0 Å². The predicted molar refractivity (Wildman–Crippen MR) is 75.0 cm³/mol. The number of benzene rings is 1. The van der Waals surface area contributed by atoms with E-state index in [4.69, 9.17) is 0 Å². The third-order valence-corrected chi connectivity index (χ3v) is 3.92. The standard InChI is InChI=1S/C12H15Br2FN2/c13-10-5-9(6-11(14)7-10)12(8-15)17-3-1-16-2-4-17/h5-7,12,16H,1-4,8H2/t12-/m1/s1. The van der Waals surface area contributed by atoms with Gasteiger partial charge in [0.25, 0.3) is 0 Å². The Morgan fingerprint density at radius 1 is 1.18 bits per heavy atom. The molecule has 1 aliphatic rings. The quantitative estimate of drug-likeness (QED) is 0.885. The van der Waals surface area contributed by atoms with Gasteiger partial charge < -0.3 is 5.32 Å². The lowest BCUT2D eigenvalue weighted by Gasteiger charge is -2.33. The van der Waals surface area contributed by atoms with Gasteiger partial charge >= 0.3 is 0 Å². The van der Waals surface area contributed by atoms with Crippen molar-refractivity contribution in [2.24, 2.45) is 0 Å². The van der Waals surface area contributed by atoms with Crippen molar-refractivity contribution < 1.29 is 4.39 Å². The number of alkyl halides is 1. The largest absolute Gasteiger partial charge is 0.314 e. The van der Waals surface area contributed by atoms with Crippen LogP contribution in [-0.2, 0) is 0 Å². The molecule has 1 aromatic rings. The second-order valence-electron chi connectivity index (χ2n) is 4.16. The Morgan fingerprint density at radius 2 is 1.76 bits per heavy atom. The SMILES string of the molecule is FC[C@H](c1cc(Br)cc(Br)c1)N1CCNCC1. The minimum Gasteiger partial charge on any atom is -0.314 e. The molecule has 5 heteroatoms. The number of hydrogen-bond acceptors (Lipinski definition) is 2. The molecule has 0 bridgehead atoms.